The van der Waals surface area contributed by atoms with Crippen LogP contribution in [0.3, 0.4) is 0 Å². The zero-order valence-electron chi connectivity index (χ0n) is 16.1. The number of carbonyl (C=O) groups excluding carboxylic acids is 2. The zero-order chi connectivity index (χ0) is 24.7. The van der Waals surface area contributed by atoms with Gasteiger partial charge in [-0.2, -0.15) is 13.2 Å². The van der Waals surface area contributed by atoms with Gasteiger partial charge in [-0.05, 0) is 42.0 Å². The topological polar surface area (TPSA) is 58.2 Å². The molecule has 2 atom stereocenters. The fourth-order valence-electron chi connectivity index (χ4n) is 3.28. The lowest BCUT2D eigenvalue weighted by molar-refractivity contribution is -0.123. The first-order chi connectivity index (χ1) is 15.2. The molecule has 0 saturated heterocycles. The van der Waals surface area contributed by atoms with E-state index in [9.17, 15) is 35.9 Å². The summed E-state index contributed by atoms with van der Waals surface area (Å²) >= 11 is 18.2. The maximum atomic E-state index is 13.8. The van der Waals surface area contributed by atoms with Gasteiger partial charge in [0.2, 0.25) is 5.91 Å². The molecule has 0 bridgehead atoms. The lowest BCUT2D eigenvalue weighted by Crippen LogP contribution is -2.33. The Kier molecular flexibility index (Phi) is 7.12. The molecule has 1 aliphatic carbocycles. The van der Waals surface area contributed by atoms with E-state index in [-0.39, 0.29) is 21.8 Å². The monoisotopic (exact) mass is 532 g/mol. The standard InChI is InChI=1S/C20H13Cl3F6N2O2/c21-13-2-1-11(6-12(13)17(32)30-7-19(27,28)29)31-18(33)15-14(20(15,22)23)8-3-9(16(25)26)5-10(24)4-8/h1-6,14-16H,7H2,(H,30,32)(H,31,33)/t14-,15+/m1/s1. The van der Waals surface area contributed by atoms with Gasteiger partial charge >= 0.3 is 6.18 Å². The lowest BCUT2D eigenvalue weighted by atomic mass is 10.0. The van der Waals surface area contributed by atoms with Gasteiger partial charge < -0.3 is 10.6 Å². The summed E-state index contributed by atoms with van der Waals surface area (Å²) in [5.74, 6) is -5.02. The molecule has 13 heteroatoms. The number of hydrogen-bond acceptors (Lipinski definition) is 2. The van der Waals surface area contributed by atoms with Crippen molar-refractivity contribution in [2.45, 2.75) is 22.9 Å². The largest absolute Gasteiger partial charge is 0.405 e. The maximum absolute atomic E-state index is 13.8. The molecule has 178 valence electrons. The van der Waals surface area contributed by atoms with E-state index in [0.717, 1.165) is 18.2 Å². The molecule has 33 heavy (non-hydrogen) atoms. The average Bonchev–Trinajstić information content (AvgIpc) is 3.28. The molecule has 3 rings (SSSR count). The second kappa shape index (κ2) is 9.23. The molecule has 2 N–H and O–H groups in total. The third kappa shape index (κ3) is 5.85. The summed E-state index contributed by atoms with van der Waals surface area (Å²) in [6.45, 7) is -1.59. The first-order valence-electron chi connectivity index (χ1n) is 9.12. The molecule has 1 saturated carbocycles. The molecule has 0 radical (unpaired) electrons. The van der Waals surface area contributed by atoms with Crippen LogP contribution in [0.5, 0.6) is 0 Å². The summed E-state index contributed by atoms with van der Waals surface area (Å²) in [6.07, 6.45) is -7.60. The van der Waals surface area contributed by atoms with Gasteiger partial charge in [-0.25, -0.2) is 13.2 Å². The van der Waals surface area contributed by atoms with Crippen LogP contribution < -0.4 is 10.6 Å². The molecule has 2 aromatic rings. The molecule has 1 fully saturated rings. The molecule has 2 amide bonds. The van der Waals surface area contributed by atoms with E-state index in [1.54, 1.807) is 5.32 Å². The first-order valence-corrected chi connectivity index (χ1v) is 10.3. The third-order valence-electron chi connectivity index (χ3n) is 4.82. The Bertz CT molecular complexity index is 1090. The van der Waals surface area contributed by atoms with Crippen molar-refractivity contribution in [3.63, 3.8) is 0 Å². The van der Waals surface area contributed by atoms with Crippen LogP contribution in [0, 0.1) is 11.7 Å². The highest BCUT2D eigenvalue weighted by atomic mass is 35.5. The molecule has 2 aromatic carbocycles. The van der Waals surface area contributed by atoms with Crippen LogP contribution in [0.2, 0.25) is 5.02 Å². The Morgan fingerprint density at radius 2 is 1.76 bits per heavy atom. The fraction of sp³-hybridized carbons (Fsp3) is 0.300. The van der Waals surface area contributed by atoms with Crippen molar-refractivity contribution >= 4 is 52.3 Å². The van der Waals surface area contributed by atoms with Crippen molar-refractivity contribution in [1.82, 2.24) is 5.32 Å². The van der Waals surface area contributed by atoms with Crippen LogP contribution in [-0.2, 0) is 4.79 Å². The van der Waals surface area contributed by atoms with Gasteiger partial charge in [-0.15, -0.1) is 23.2 Å². The van der Waals surface area contributed by atoms with Crippen LogP contribution in [0.25, 0.3) is 0 Å². The van der Waals surface area contributed by atoms with Gasteiger partial charge in [0.05, 0.1) is 16.5 Å². The summed E-state index contributed by atoms with van der Waals surface area (Å²) in [7, 11) is 0. The van der Waals surface area contributed by atoms with Gasteiger partial charge in [0, 0.05) is 17.2 Å². The van der Waals surface area contributed by atoms with E-state index < -0.39 is 58.5 Å². The molecule has 0 unspecified atom stereocenters. The summed E-state index contributed by atoms with van der Waals surface area (Å²) in [6, 6.07) is 6.09. The van der Waals surface area contributed by atoms with E-state index in [1.807, 2.05) is 0 Å². The molecule has 0 heterocycles. The van der Waals surface area contributed by atoms with Crippen molar-refractivity contribution in [1.29, 1.82) is 0 Å². The van der Waals surface area contributed by atoms with E-state index >= 15 is 0 Å². The fourth-order valence-corrected chi connectivity index (χ4v) is 4.31. The minimum Gasteiger partial charge on any atom is -0.343 e. The predicted molar refractivity (Wildman–Crippen MR) is 110 cm³/mol. The summed E-state index contributed by atoms with van der Waals surface area (Å²) in [5.41, 5.74) is -0.948. The van der Waals surface area contributed by atoms with Gasteiger partial charge in [-0.3, -0.25) is 9.59 Å². The summed E-state index contributed by atoms with van der Waals surface area (Å²) < 4.78 is 75.0. The number of halogens is 9. The number of hydrogen-bond donors (Lipinski definition) is 2. The predicted octanol–water partition coefficient (Wildman–Crippen LogP) is 6.23. The molecule has 4 nitrogen and oxygen atoms in total. The Morgan fingerprint density at radius 3 is 2.36 bits per heavy atom. The summed E-state index contributed by atoms with van der Waals surface area (Å²) in [4.78, 5) is 24.7. The van der Waals surface area contributed by atoms with Gasteiger partial charge in [-0.1, -0.05) is 11.6 Å². The normalized spacial score (nSPS) is 19.3. The van der Waals surface area contributed by atoms with Gasteiger partial charge in [0.25, 0.3) is 12.3 Å². The van der Waals surface area contributed by atoms with Crippen molar-refractivity contribution in [2.24, 2.45) is 5.92 Å². The van der Waals surface area contributed by atoms with E-state index in [0.29, 0.717) is 6.07 Å². The second-order valence-corrected chi connectivity index (χ2v) is 9.08. The highest BCUT2D eigenvalue weighted by molar-refractivity contribution is 6.53. The molecular formula is C20H13Cl3F6N2O2. The third-order valence-corrected chi connectivity index (χ3v) is 6.09. The Labute approximate surface area is 198 Å². The van der Waals surface area contributed by atoms with Crippen LogP contribution in [0.4, 0.5) is 32.0 Å². The number of rotatable bonds is 6. The molecule has 0 aromatic heterocycles. The van der Waals surface area contributed by atoms with E-state index in [1.165, 1.54) is 12.1 Å². The number of anilines is 1. The van der Waals surface area contributed by atoms with Crippen LogP contribution in [-0.4, -0.2) is 28.9 Å². The molecule has 1 aliphatic rings. The minimum absolute atomic E-state index is 0.00114. The van der Waals surface area contributed by atoms with Gasteiger partial charge in [0.1, 0.15) is 16.7 Å². The van der Waals surface area contributed by atoms with Crippen molar-refractivity contribution in [3.05, 3.63) is 63.9 Å². The lowest BCUT2D eigenvalue weighted by Gasteiger charge is -2.11. The summed E-state index contributed by atoms with van der Waals surface area (Å²) in [5, 5.41) is 3.89. The quantitative estimate of drug-likeness (QED) is 0.341. The number of alkyl halides is 7. The van der Waals surface area contributed by atoms with Crippen molar-refractivity contribution in [3.8, 4) is 0 Å². The first kappa shape index (κ1) is 25.5. The Balaban J connectivity index is 1.77. The van der Waals surface area contributed by atoms with Crippen LogP contribution >= 0.6 is 34.8 Å². The second-order valence-electron chi connectivity index (χ2n) is 7.23. The van der Waals surface area contributed by atoms with E-state index in [4.69, 9.17) is 34.8 Å². The zero-order valence-corrected chi connectivity index (χ0v) is 18.4. The Morgan fingerprint density at radius 1 is 1.09 bits per heavy atom. The highest BCUT2D eigenvalue weighted by Gasteiger charge is 2.67. The Hall–Kier alpha value is -2.17. The number of amides is 2. The number of nitrogens with one attached hydrogen (secondary N) is 2. The van der Waals surface area contributed by atoms with Crippen molar-refractivity contribution in [2.75, 3.05) is 11.9 Å². The van der Waals surface area contributed by atoms with E-state index in [2.05, 4.69) is 5.32 Å². The average molecular weight is 534 g/mol. The highest BCUT2D eigenvalue weighted by Crippen LogP contribution is 2.65. The number of benzene rings is 2. The van der Waals surface area contributed by atoms with Gasteiger partial charge in [0.15, 0.2) is 0 Å². The maximum Gasteiger partial charge on any atom is 0.405 e. The smallest absolute Gasteiger partial charge is 0.343 e. The minimum atomic E-state index is -4.64. The molecule has 0 aliphatic heterocycles. The number of carbonyl (C=O) groups is 2. The molecular weight excluding hydrogens is 521 g/mol. The SMILES string of the molecule is O=C(NCC(F)(F)F)c1cc(NC(=O)[C@@H]2[C@@H](c3cc(F)cc(C(F)F)c3)C2(Cl)Cl)ccc1Cl. The molecule has 0 spiro atoms. The van der Waals surface area contributed by atoms with Crippen LogP contribution in [0.15, 0.2) is 36.4 Å². The van der Waals surface area contributed by atoms with Crippen molar-refractivity contribution < 1.29 is 35.9 Å². The van der Waals surface area contributed by atoms with Crippen LogP contribution in [0.1, 0.15) is 33.8 Å².